The Morgan fingerprint density at radius 3 is 2.21 bits per heavy atom. The summed E-state index contributed by atoms with van der Waals surface area (Å²) >= 11 is 2.45. The fourth-order valence-electron chi connectivity index (χ4n) is 3.65. The first kappa shape index (κ1) is 14.5. The molecule has 0 bridgehead atoms. The number of nitrogens with zero attached hydrogens (tertiary/aromatic N) is 4. The molecule has 110 valence electrons. The number of likely N-dealkylation sites (tertiary alicyclic amines) is 2. The van der Waals surface area contributed by atoms with Gasteiger partial charge in [-0.15, -0.1) is 0 Å². The van der Waals surface area contributed by atoms with Crippen molar-refractivity contribution < 1.29 is 0 Å². The van der Waals surface area contributed by atoms with E-state index in [2.05, 4.69) is 47.7 Å². The van der Waals surface area contributed by atoms with Gasteiger partial charge in [0.25, 0.3) is 0 Å². The molecule has 0 aromatic rings. The van der Waals surface area contributed by atoms with Crippen LogP contribution >= 0.6 is 22.9 Å². The number of hydrogen-bond donors (Lipinski definition) is 0. The van der Waals surface area contributed by atoms with Gasteiger partial charge < -0.3 is 9.80 Å². The highest BCUT2D eigenvalue weighted by atomic mass is 127. The van der Waals surface area contributed by atoms with Gasteiger partial charge in [0.2, 0.25) is 0 Å². The first-order valence-electron chi connectivity index (χ1n) is 7.76. The smallest absolute Gasteiger partial charge is 0.0209 e. The lowest BCUT2D eigenvalue weighted by molar-refractivity contribution is 0.00468. The van der Waals surface area contributed by atoms with E-state index in [0.717, 1.165) is 12.0 Å². The van der Waals surface area contributed by atoms with E-state index in [1.54, 1.807) is 0 Å². The molecule has 0 radical (unpaired) electrons. The van der Waals surface area contributed by atoms with Crippen LogP contribution in [0.3, 0.4) is 0 Å². The molecule has 5 heteroatoms. The van der Waals surface area contributed by atoms with Crippen LogP contribution < -0.4 is 0 Å². The average Bonchev–Trinajstić information content (AvgIpc) is 2.37. The lowest BCUT2D eigenvalue weighted by Crippen LogP contribution is -2.58. The van der Waals surface area contributed by atoms with Gasteiger partial charge in [0.05, 0.1) is 0 Å². The van der Waals surface area contributed by atoms with E-state index in [-0.39, 0.29) is 0 Å². The Labute approximate surface area is 131 Å². The average molecular weight is 378 g/mol. The van der Waals surface area contributed by atoms with Gasteiger partial charge in [-0.3, -0.25) is 4.90 Å². The van der Waals surface area contributed by atoms with Crippen molar-refractivity contribution in [2.75, 3.05) is 66.0 Å². The number of rotatable bonds is 3. The molecule has 3 aliphatic rings. The summed E-state index contributed by atoms with van der Waals surface area (Å²) in [5.41, 5.74) is 0. The zero-order chi connectivity index (χ0) is 13.2. The summed E-state index contributed by atoms with van der Waals surface area (Å²) in [6.45, 7) is 11.7. The van der Waals surface area contributed by atoms with E-state index in [1.807, 2.05) is 0 Å². The predicted octanol–water partition coefficient (Wildman–Crippen LogP) is 0.980. The van der Waals surface area contributed by atoms with Crippen LogP contribution in [0.2, 0.25) is 0 Å². The van der Waals surface area contributed by atoms with E-state index in [9.17, 15) is 0 Å². The van der Waals surface area contributed by atoms with Crippen molar-refractivity contribution in [1.82, 2.24) is 17.8 Å². The van der Waals surface area contributed by atoms with Crippen molar-refractivity contribution in [3.63, 3.8) is 0 Å². The van der Waals surface area contributed by atoms with Crippen LogP contribution in [0.4, 0.5) is 0 Å². The molecule has 0 atom stereocenters. The van der Waals surface area contributed by atoms with Crippen molar-refractivity contribution in [3.05, 3.63) is 0 Å². The summed E-state index contributed by atoms with van der Waals surface area (Å²) in [7, 11) is 2.25. The Hall–Kier alpha value is 0.570. The molecule has 0 aromatic carbocycles. The number of piperazine rings is 1. The molecular weight excluding hydrogens is 351 g/mol. The SMILES string of the molecule is CN1CCC(N2CC(CN3CCN(I)CC3)C2)CC1. The van der Waals surface area contributed by atoms with E-state index < -0.39 is 0 Å². The zero-order valence-corrected chi connectivity index (χ0v) is 14.3. The third kappa shape index (κ3) is 3.81. The van der Waals surface area contributed by atoms with Crippen molar-refractivity contribution in [3.8, 4) is 0 Å². The van der Waals surface area contributed by atoms with E-state index >= 15 is 0 Å². The normalized spacial score (nSPS) is 30.6. The monoisotopic (exact) mass is 378 g/mol. The zero-order valence-electron chi connectivity index (χ0n) is 12.1. The summed E-state index contributed by atoms with van der Waals surface area (Å²) in [5.74, 6) is 0.945. The van der Waals surface area contributed by atoms with E-state index in [4.69, 9.17) is 0 Å². The molecule has 0 amide bonds. The predicted molar refractivity (Wildman–Crippen MR) is 87.6 cm³/mol. The Morgan fingerprint density at radius 2 is 1.58 bits per heavy atom. The minimum Gasteiger partial charge on any atom is -0.306 e. The lowest BCUT2D eigenvalue weighted by atomic mass is 9.93. The molecule has 0 spiro atoms. The number of piperidine rings is 1. The fraction of sp³-hybridized carbons (Fsp3) is 1.00. The van der Waals surface area contributed by atoms with Crippen molar-refractivity contribution in [2.24, 2.45) is 5.92 Å². The van der Waals surface area contributed by atoms with Crippen LogP contribution in [0.15, 0.2) is 0 Å². The Balaban J connectivity index is 1.34. The molecule has 3 heterocycles. The summed E-state index contributed by atoms with van der Waals surface area (Å²) in [4.78, 5) is 7.88. The third-order valence-electron chi connectivity index (χ3n) is 5.02. The second-order valence-corrected chi connectivity index (χ2v) is 7.93. The molecule has 0 N–H and O–H groups in total. The molecule has 3 saturated heterocycles. The van der Waals surface area contributed by atoms with Crippen LogP contribution in [0.1, 0.15) is 12.8 Å². The first-order chi connectivity index (χ1) is 9.20. The van der Waals surface area contributed by atoms with Crippen LogP contribution in [0.25, 0.3) is 0 Å². The molecule has 4 nitrogen and oxygen atoms in total. The second-order valence-electron chi connectivity index (χ2n) is 6.56. The fourth-order valence-corrected chi connectivity index (χ4v) is 4.09. The first-order valence-corrected chi connectivity index (χ1v) is 8.73. The van der Waals surface area contributed by atoms with Crippen LogP contribution in [0.5, 0.6) is 0 Å². The van der Waals surface area contributed by atoms with Gasteiger partial charge in [0.1, 0.15) is 0 Å². The van der Waals surface area contributed by atoms with Gasteiger partial charge in [0, 0.05) is 74.7 Å². The summed E-state index contributed by atoms with van der Waals surface area (Å²) in [6.07, 6.45) is 2.77. The van der Waals surface area contributed by atoms with Gasteiger partial charge in [-0.2, -0.15) is 0 Å². The lowest BCUT2D eigenvalue weighted by Gasteiger charge is -2.48. The van der Waals surface area contributed by atoms with Gasteiger partial charge in [-0.25, -0.2) is 3.11 Å². The van der Waals surface area contributed by atoms with Crippen molar-refractivity contribution >= 4 is 22.9 Å². The van der Waals surface area contributed by atoms with Crippen LogP contribution in [0, 0.1) is 5.92 Å². The van der Waals surface area contributed by atoms with Gasteiger partial charge in [-0.05, 0) is 38.9 Å². The minimum absolute atomic E-state index is 0.888. The highest BCUT2D eigenvalue weighted by molar-refractivity contribution is 14.1. The van der Waals surface area contributed by atoms with E-state index in [0.29, 0.717) is 0 Å². The number of halogens is 1. The molecule has 19 heavy (non-hydrogen) atoms. The van der Waals surface area contributed by atoms with E-state index in [1.165, 1.54) is 71.7 Å². The topological polar surface area (TPSA) is 13.0 Å². The van der Waals surface area contributed by atoms with Crippen LogP contribution in [-0.2, 0) is 0 Å². The minimum atomic E-state index is 0.888. The van der Waals surface area contributed by atoms with Crippen molar-refractivity contribution in [2.45, 2.75) is 18.9 Å². The standard InChI is InChI=1S/C14H27IN4/c1-16-4-2-14(3-5-16)18-11-13(12-18)10-17-6-8-19(15)9-7-17/h13-14H,2-12H2,1H3. The Kier molecular flexibility index (Phi) is 5.01. The molecule has 0 aliphatic carbocycles. The summed E-state index contributed by atoms with van der Waals surface area (Å²) < 4.78 is 2.42. The summed E-state index contributed by atoms with van der Waals surface area (Å²) in [6, 6.07) is 0.888. The number of hydrogen-bond acceptors (Lipinski definition) is 4. The molecule has 0 aromatic heterocycles. The molecule has 3 rings (SSSR count). The quantitative estimate of drug-likeness (QED) is 0.536. The Morgan fingerprint density at radius 1 is 0.947 bits per heavy atom. The van der Waals surface area contributed by atoms with Gasteiger partial charge >= 0.3 is 0 Å². The van der Waals surface area contributed by atoms with Gasteiger partial charge in [0.15, 0.2) is 0 Å². The molecule has 3 aliphatic heterocycles. The van der Waals surface area contributed by atoms with Crippen LogP contribution in [-0.4, -0.2) is 89.8 Å². The molecular formula is C14H27IN4. The second kappa shape index (κ2) is 6.56. The maximum atomic E-state index is 2.74. The van der Waals surface area contributed by atoms with Crippen molar-refractivity contribution in [1.29, 1.82) is 0 Å². The maximum absolute atomic E-state index is 2.74. The van der Waals surface area contributed by atoms with Gasteiger partial charge in [-0.1, -0.05) is 0 Å². The maximum Gasteiger partial charge on any atom is 0.0209 e. The summed E-state index contributed by atoms with van der Waals surface area (Å²) in [5, 5.41) is 0. The third-order valence-corrected chi connectivity index (χ3v) is 5.99. The highest BCUT2D eigenvalue weighted by Crippen LogP contribution is 2.25. The molecule has 0 unspecified atom stereocenters. The molecule has 0 saturated carbocycles. The Bertz CT molecular complexity index is 279. The largest absolute Gasteiger partial charge is 0.306 e. The highest BCUT2D eigenvalue weighted by Gasteiger charge is 2.34. The molecule has 3 fully saturated rings.